The van der Waals surface area contributed by atoms with Crippen molar-refractivity contribution in [1.29, 1.82) is 0 Å². The lowest BCUT2D eigenvalue weighted by Gasteiger charge is -2.44. The maximum atomic E-state index is 12.2. The van der Waals surface area contributed by atoms with E-state index in [0.29, 0.717) is 12.8 Å². The molecule has 0 aromatic carbocycles. The molecule has 18 heavy (non-hydrogen) atoms. The molecule has 0 aromatic heterocycles. The normalized spacial score (nSPS) is 25.2. The number of rotatable bonds is 4. The summed E-state index contributed by atoms with van der Waals surface area (Å²) in [7, 11) is -0.863. The van der Waals surface area contributed by atoms with Crippen LogP contribution in [0.3, 0.4) is 0 Å². The average Bonchev–Trinajstić information content (AvgIpc) is 2.42. The van der Waals surface area contributed by atoms with Gasteiger partial charge >= 0.3 is 0 Å². The summed E-state index contributed by atoms with van der Waals surface area (Å²) in [6, 6.07) is 0. The monoisotopic (exact) mass is 265 g/mol. The molecular formula is C15H25O2Si. The Bertz CT molecular complexity index is 388. The second-order valence-corrected chi connectivity index (χ2v) is 8.30. The van der Waals surface area contributed by atoms with Crippen molar-refractivity contribution in [3.63, 3.8) is 0 Å². The maximum Gasteiger partial charge on any atom is 0.206 e. The van der Waals surface area contributed by atoms with Gasteiger partial charge in [0.2, 0.25) is 9.04 Å². The Balaban J connectivity index is 3.30. The molecule has 0 amide bonds. The van der Waals surface area contributed by atoms with E-state index in [1.54, 1.807) is 6.08 Å². The Morgan fingerprint density at radius 2 is 2.00 bits per heavy atom. The van der Waals surface area contributed by atoms with E-state index >= 15 is 0 Å². The minimum absolute atomic E-state index is 0.0718. The van der Waals surface area contributed by atoms with Gasteiger partial charge in [-0.3, -0.25) is 4.79 Å². The van der Waals surface area contributed by atoms with Gasteiger partial charge in [-0.15, -0.1) is 6.58 Å². The smallest absolute Gasteiger partial charge is 0.206 e. The van der Waals surface area contributed by atoms with Gasteiger partial charge in [-0.2, -0.15) is 0 Å². The van der Waals surface area contributed by atoms with Crippen LogP contribution in [0.1, 0.15) is 40.5 Å². The molecular weight excluding hydrogens is 240 g/mol. The van der Waals surface area contributed by atoms with Crippen molar-refractivity contribution in [2.45, 2.75) is 59.2 Å². The lowest BCUT2D eigenvalue weighted by Crippen LogP contribution is -2.48. The molecule has 0 saturated carbocycles. The standard InChI is InChI=1S/C15H25O2Si/c1-8-9-12-11(2)15(10-13(12)16,14(3,4)5)17-18(6)7/h8H,1,9-10H2,2-7H3. The molecule has 3 heteroatoms. The molecule has 0 fully saturated rings. The zero-order valence-electron chi connectivity index (χ0n) is 12.5. The summed E-state index contributed by atoms with van der Waals surface area (Å²) in [5, 5.41) is 0. The van der Waals surface area contributed by atoms with Crippen molar-refractivity contribution in [3.8, 4) is 0 Å². The molecule has 0 spiro atoms. The Labute approximate surface area is 113 Å². The van der Waals surface area contributed by atoms with Gasteiger partial charge in [0.1, 0.15) is 0 Å². The van der Waals surface area contributed by atoms with Crippen LogP contribution in [0.4, 0.5) is 0 Å². The van der Waals surface area contributed by atoms with Crippen LogP contribution < -0.4 is 0 Å². The number of hydrogen-bond donors (Lipinski definition) is 0. The number of hydrogen-bond acceptors (Lipinski definition) is 2. The number of ketones is 1. The Kier molecular flexibility index (Phi) is 4.39. The molecule has 1 aliphatic rings. The highest BCUT2D eigenvalue weighted by atomic mass is 28.3. The fraction of sp³-hybridized carbons (Fsp3) is 0.667. The summed E-state index contributed by atoms with van der Waals surface area (Å²) in [6.07, 6.45) is 2.95. The molecule has 1 aliphatic carbocycles. The zero-order valence-corrected chi connectivity index (χ0v) is 13.5. The van der Waals surface area contributed by atoms with Gasteiger partial charge in [0, 0.05) is 12.0 Å². The predicted molar refractivity (Wildman–Crippen MR) is 77.9 cm³/mol. The van der Waals surface area contributed by atoms with E-state index in [9.17, 15) is 4.79 Å². The zero-order chi connectivity index (χ0) is 14.1. The Hall–Kier alpha value is -0.673. The van der Waals surface area contributed by atoms with Crippen molar-refractivity contribution >= 4 is 14.8 Å². The molecule has 0 N–H and O–H groups in total. The third-order valence-corrected chi connectivity index (χ3v) is 4.50. The first-order valence-corrected chi connectivity index (χ1v) is 8.90. The molecule has 1 unspecified atom stereocenters. The average molecular weight is 265 g/mol. The topological polar surface area (TPSA) is 26.3 Å². The summed E-state index contributed by atoms with van der Waals surface area (Å²) in [4.78, 5) is 12.2. The van der Waals surface area contributed by atoms with E-state index in [1.165, 1.54) is 0 Å². The van der Waals surface area contributed by atoms with Crippen LogP contribution >= 0.6 is 0 Å². The number of allylic oxidation sites excluding steroid dienone is 2. The third kappa shape index (κ3) is 2.52. The van der Waals surface area contributed by atoms with E-state index in [2.05, 4.69) is 47.4 Å². The number of Topliss-reactive ketones (excluding diaryl/α,β-unsaturated/α-hetero) is 1. The van der Waals surface area contributed by atoms with Crippen LogP contribution in [0.25, 0.3) is 0 Å². The quantitative estimate of drug-likeness (QED) is 0.569. The van der Waals surface area contributed by atoms with Gasteiger partial charge in [0.05, 0.1) is 5.60 Å². The number of carbonyl (C=O) groups excluding carboxylic acids is 1. The molecule has 101 valence electrons. The SMILES string of the molecule is C=CCC1=C(C)C(O[Si](C)C)(C(C)(C)C)CC1=O. The molecule has 0 heterocycles. The van der Waals surface area contributed by atoms with E-state index in [-0.39, 0.29) is 11.2 Å². The molecule has 1 radical (unpaired) electrons. The molecule has 1 rings (SSSR count). The first kappa shape index (κ1) is 15.4. The molecule has 0 aromatic rings. The van der Waals surface area contributed by atoms with Crippen LogP contribution in [0.5, 0.6) is 0 Å². The van der Waals surface area contributed by atoms with Crippen LogP contribution in [-0.2, 0) is 9.22 Å². The maximum absolute atomic E-state index is 12.2. The molecule has 0 bridgehead atoms. The summed E-state index contributed by atoms with van der Waals surface area (Å²) >= 11 is 0. The van der Waals surface area contributed by atoms with Crippen molar-refractivity contribution in [1.82, 2.24) is 0 Å². The van der Waals surface area contributed by atoms with Crippen molar-refractivity contribution in [2.24, 2.45) is 5.41 Å². The largest absolute Gasteiger partial charge is 0.407 e. The second-order valence-electron chi connectivity index (χ2n) is 6.28. The van der Waals surface area contributed by atoms with Crippen LogP contribution in [0.15, 0.2) is 23.8 Å². The summed E-state index contributed by atoms with van der Waals surface area (Å²) in [5.74, 6) is 0.227. The summed E-state index contributed by atoms with van der Waals surface area (Å²) < 4.78 is 6.31. The van der Waals surface area contributed by atoms with Crippen LogP contribution in [0.2, 0.25) is 13.1 Å². The number of carbonyl (C=O) groups is 1. The minimum atomic E-state index is -0.863. The van der Waals surface area contributed by atoms with Crippen molar-refractivity contribution in [3.05, 3.63) is 23.8 Å². The second kappa shape index (κ2) is 5.14. The minimum Gasteiger partial charge on any atom is -0.407 e. The van der Waals surface area contributed by atoms with Gasteiger partial charge in [-0.25, -0.2) is 0 Å². The first-order valence-electron chi connectivity index (χ1n) is 6.49. The van der Waals surface area contributed by atoms with Crippen molar-refractivity contribution in [2.75, 3.05) is 0 Å². The first-order chi connectivity index (χ1) is 8.15. The van der Waals surface area contributed by atoms with Crippen LogP contribution in [-0.4, -0.2) is 20.4 Å². The molecule has 0 saturated heterocycles. The predicted octanol–water partition coefficient (Wildman–Crippen LogP) is 3.90. The summed E-state index contributed by atoms with van der Waals surface area (Å²) in [5.41, 5.74) is 1.53. The van der Waals surface area contributed by atoms with Gasteiger partial charge in [0.15, 0.2) is 5.78 Å². The summed E-state index contributed by atoms with van der Waals surface area (Å²) in [6.45, 7) is 16.5. The molecule has 1 atom stereocenters. The van der Waals surface area contributed by atoms with Gasteiger partial charge < -0.3 is 4.43 Å². The highest BCUT2D eigenvalue weighted by Crippen LogP contribution is 2.49. The Morgan fingerprint density at radius 1 is 1.44 bits per heavy atom. The fourth-order valence-electron chi connectivity index (χ4n) is 2.77. The van der Waals surface area contributed by atoms with Gasteiger partial charge in [0.25, 0.3) is 0 Å². The van der Waals surface area contributed by atoms with Gasteiger partial charge in [-0.1, -0.05) is 26.8 Å². The highest BCUT2D eigenvalue weighted by Gasteiger charge is 2.51. The van der Waals surface area contributed by atoms with E-state index in [4.69, 9.17) is 4.43 Å². The lowest BCUT2D eigenvalue weighted by atomic mass is 9.72. The van der Waals surface area contributed by atoms with Crippen LogP contribution in [0, 0.1) is 5.41 Å². The van der Waals surface area contributed by atoms with E-state index in [1.807, 2.05) is 0 Å². The van der Waals surface area contributed by atoms with Gasteiger partial charge in [-0.05, 0) is 37.4 Å². The van der Waals surface area contributed by atoms with E-state index in [0.717, 1.165) is 11.1 Å². The third-order valence-electron chi connectivity index (χ3n) is 3.74. The fourth-order valence-corrected chi connectivity index (χ4v) is 4.00. The van der Waals surface area contributed by atoms with E-state index < -0.39 is 14.6 Å². The van der Waals surface area contributed by atoms with Crippen molar-refractivity contribution < 1.29 is 9.22 Å². The molecule has 2 nitrogen and oxygen atoms in total. The Morgan fingerprint density at radius 3 is 2.39 bits per heavy atom. The lowest BCUT2D eigenvalue weighted by molar-refractivity contribution is -0.119. The molecule has 0 aliphatic heterocycles. The highest BCUT2D eigenvalue weighted by molar-refractivity contribution is 6.48.